The average Bonchev–Trinajstić information content (AvgIpc) is 3.16. The summed E-state index contributed by atoms with van der Waals surface area (Å²) in [6, 6.07) is 9.40. The van der Waals surface area contributed by atoms with Crippen molar-refractivity contribution in [2.75, 3.05) is 0 Å². The van der Waals surface area contributed by atoms with Crippen LogP contribution >= 0.6 is 11.6 Å². The molecule has 0 amide bonds. The lowest BCUT2D eigenvalue weighted by atomic mass is 10.0. The third-order valence-corrected chi connectivity index (χ3v) is 4.29. The van der Waals surface area contributed by atoms with Crippen molar-refractivity contribution in [2.45, 2.75) is 44.7 Å². The molecule has 0 bridgehead atoms. The molecule has 0 radical (unpaired) electrons. The van der Waals surface area contributed by atoms with Crippen LogP contribution in [0.25, 0.3) is 0 Å². The molecule has 2 aliphatic carbocycles. The van der Waals surface area contributed by atoms with E-state index in [9.17, 15) is 0 Å². The minimum atomic E-state index is 0.417. The molecule has 1 aromatic carbocycles. The summed E-state index contributed by atoms with van der Waals surface area (Å²) in [4.78, 5) is 0. The van der Waals surface area contributed by atoms with Crippen molar-refractivity contribution in [1.29, 1.82) is 0 Å². The first kappa shape index (κ1) is 11.6. The summed E-state index contributed by atoms with van der Waals surface area (Å²) in [6.07, 6.45) is 5.71. The number of nitrogens with one attached hydrogen (secondary N) is 1. The molecule has 92 valence electrons. The predicted octanol–water partition coefficient (Wildman–Crippen LogP) is 4.18. The average molecular weight is 250 g/mol. The van der Waals surface area contributed by atoms with Gasteiger partial charge < -0.3 is 5.32 Å². The summed E-state index contributed by atoms with van der Waals surface area (Å²) in [5.74, 6) is 1.90. The van der Waals surface area contributed by atoms with Gasteiger partial charge in [-0.3, -0.25) is 0 Å². The molecule has 0 aromatic heterocycles. The van der Waals surface area contributed by atoms with Crippen LogP contribution in [0.2, 0.25) is 5.02 Å². The smallest absolute Gasteiger partial charge is 0.0409 e. The molecule has 2 heteroatoms. The van der Waals surface area contributed by atoms with Gasteiger partial charge in [0.15, 0.2) is 0 Å². The molecule has 0 aliphatic heterocycles. The molecular formula is C15H20ClN. The Morgan fingerprint density at radius 2 is 1.82 bits per heavy atom. The molecule has 1 atom stereocenters. The van der Waals surface area contributed by atoms with Crippen molar-refractivity contribution in [1.82, 2.24) is 5.32 Å². The van der Waals surface area contributed by atoms with Gasteiger partial charge in [0.25, 0.3) is 0 Å². The zero-order valence-corrected chi connectivity index (χ0v) is 11.1. The third kappa shape index (κ3) is 2.83. The lowest BCUT2D eigenvalue weighted by Crippen LogP contribution is -2.35. The molecule has 2 aliphatic rings. The molecule has 2 fully saturated rings. The number of halogens is 1. The van der Waals surface area contributed by atoms with Gasteiger partial charge in [0.05, 0.1) is 0 Å². The second-order valence-corrected chi connectivity index (χ2v) is 6.08. The van der Waals surface area contributed by atoms with E-state index >= 15 is 0 Å². The van der Waals surface area contributed by atoms with Crippen molar-refractivity contribution >= 4 is 11.6 Å². The van der Waals surface area contributed by atoms with Crippen LogP contribution in [0.4, 0.5) is 0 Å². The van der Waals surface area contributed by atoms with Crippen LogP contribution in [0.1, 0.15) is 44.2 Å². The van der Waals surface area contributed by atoms with Crippen LogP contribution in [-0.2, 0) is 0 Å². The normalized spacial score (nSPS) is 21.8. The van der Waals surface area contributed by atoms with E-state index in [1.165, 1.54) is 31.2 Å². The molecule has 0 unspecified atom stereocenters. The van der Waals surface area contributed by atoms with Crippen LogP contribution in [-0.4, -0.2) is 6.04 Å². The van der Waals surface area contributed by atoms with Crippen LogP contribution < -0.4 is 5.32 Å². The monoisotopic (exact) mass is 249 g/mol. The minimum Gasteiger partial charge on any atom is -0.307 e. The van der Waals surface area contributed by atoms with Gasteiger partial charge >= 0.3 is 0 Å². The highest BCUT2D eigenvalue weighted by Crippen LogP contribution is 2.45. The molecule has 0 saturated heterocycles. The highest BCUT2D eigenvalue weighted by Gasteiger charge is 2.41. The van der Waals surface area contributed by atoms with Crippen LogP contribution in [0.5, 0.6) is 0 Å². The summed E-state index contributed by atoms with van der Waals surface area (Å²) in [5.41, 5.74) is 1.31. The fourth-order valence-corrected chi connectivity index (χ4v) is 2.93. The third-order valence-electron chi connectivity index (χ3n) is 4.05. The highest BCUT2D eigenvalue weighted by atomic mass is 35.5. The van der Waals surface area contributed by atoms with Crippen molar-refractivity contribution < 1.29 is 0 Å². The summed E-state index contributed by atoms with van der Waals surface area (Å²) in [6.45, 7) is 2.25. The van der Waals surface area contributed by atoms with Gasteiger partial charge in [-0.2, -0.15) is 0 Å². The molecule has 2 saturated carbocycles. The lowest BCUT2D eigenvalue weighted by Gasteiger charge is -2.23. The Bertz CT molecular complexity index is 384. The Labute approximate surface area is 109 Å². The van der Waals surface area contributed by atoms with E-state index in [-0.39, 0.29) is 0 Å². The first-order chi connectivity index (χ1) is 8.24. The quantitative estimate of drug-likeness (QED) is 0.826. The maximum Gasteiger partial charge on any atom is 0.0409 e. The van der Waals surface area contributed by atoms with Gasteiger partial charge in [-0.15, -0.1) is 0 Å². The Balaban J connectivity index is 1.66. The molecular weight excluding hydrogens is 230 g/mol. The fourth-order valence-electron chi connectivity index (χ4n) is 2.73. The van der Waals surface area contributed by atoms with Gasteiger partial charge in [0.1, 0.15) is 0 Å². The number of hydrogen-bond acceptors (Lipinski definition) is 1. The van der Waals surface area contributed by atoms with E-state index in [4.69, 9.17) is 11.6 Å². The SMILES string of the molecule is C[C@H](NC(C1CC1)C1CC1)c1cccc(Cl)c1. The number of benzene rings is 1. The number of hydrogen-bond donors (Lipinski definition) is 1. The zero-order valence-electron chi connectivity index (χ0n) is 10.3. The Hall–Kier alpha value is -0.530. The van der Waals surface area contributed by atoms with E-state index in [0.29, 0.717) is 6.04 Å². The van der Waals surface area contributed by atoms with Crippen molar-refractivity contribution in [2.24, 2.45) is 11.8 Å². The van der Waals surface area contributed by atoms with Crippen molar-refractivity contribution in [3.63, 3.8) is 0 Å². The van der Waals surface area contributed by atoms with Crippen LogP contribution in [0, 0.1) is 11.8 Å². The zero-order chi connectivity index (χ0) is 11.8. The van der Waals surface area contributed by atoms with Crippen LogP contribution in [0.15, 0.2) is 24.3 Å². The van der Waals surface area contributed by atoms with Gasteiger partial charge in [0.2, 0.25) is 0 Å². The van der Waals surface area contributed by atoms with Gasteiger partial charge in [-0.25, -0.2) is 0 Å². The van der Waals surface area contributed by atoms with E-state index in [2.05, 4.69) is 24.4 Å². The molecule has 3 rings (SSSR count). The molecule has 1 N–H and O–H groups in total. The van der Waals surface area contributed by atoms with Gasteiger partial charge in [-0.05, 0) is 62.1 Å². The van der Waals surface area contributed by atoms with E-state index < -0.39 is 0 Å². The fraction of sp³-hybridized carbons (Fsp3) is 0.600. The second kappa shape index (κ2) is 4.62. The maximum absolute atomic E-state index is 6.05. The summed E-state index contributed by atoms with van der Waals surface area (Å²) in [5, 5.41) is 4.66. The summed E-state index contributed by atoms with van der Waals surface area (Å²) >= 11 is 6.05. The molecule has 17 heavy (non-hydrogen) atoms. The largest absolute Gasteiger partial charge is 0.307 e. The second-order valence-electron chi connectivity index (χ2n) is 5.64. The summed E-state index contributed by atoms with van der Waals surface area (Å²) in [7, 11) is 0. The van der Waals surface area contributed by atoms with Crippen molar-refractivity contribution in [3.05, 3.63) is 34.9 Å². The van der Waals surface area contributed by atoms with E-state index in [1.54, 1.807) is 0 Å². The lowest BCUT2D eigenvalue weighted by molar-refractivity contribution is 0.377. The van der Waals surface area contributed by atoms with E-state index in [0.717, 1.165) is 22.9 Å². The van der Waals surface area contributed by atoms with Crippen LogP contribution in [0.3, 0.4) is 0 Å². The topological polar surface area (TPSA) is 12.0 Å². The first-order valence-electron chi connectivity index (χ1n) is 6.75. The predicted molar refractivity (Wildman–Crippen MR) is 72.2 cm³/mol. The molecule has 0 spiro atoms. The number of rotatable bonds is 5. The van der Waals surface area contributed by atoms with E-state index in [1.807, 2.05) is 12.1 Å². The molecule has 1 aromatic rings. The Kier molecular flexibility index (Phi) is 3.14. The Morgan fingerprint density at radius 1 is 1.18 bits per heavy atom. The molecule has 1 nitrogen and oxygen atoms in total. The minimum absolute atomic E-state index is 0.417. The molecule has 0 heterocycles. The van der Waals surface area contributed by atoms with Crippen molar-refractivity contribution in [3.8, 4) is 0 Å². The van der Waals surface area contributed by atoms with Gasteiger partial charge in [-0.1, -0.05) is 23.7 Å². The Morgan fingerprint density at radius 3 is 2.35 bits per heavy atom. The maximum atomic E-state index is 6.05. The highest BCUT2D eigenvalue weighted by molar-refractivity contribution is 6.30. The summed E-state index contributed by atoms with van der Waals surface area (Å²) < 4.78 is 0. The van der Waals surface area contributed by atoms with Gasteiger partial charge in [0, 0.05) is 17.1 Å². The first-order valence-corrected chi connectivity index (χ1v) is 7.13. The standard InChI is InChI=1S/C15H20ClN/c1-10(13-3-2-4-14(16)9-13)17-15(11-5-6-11)12-7-8-12/h2-4,9-12,15,17H,5-8H2,1H3/t10-/m0/s1.